The van der Waals surface area contributed by atoms with Crippen LogP contribution in [-0.4, -0.2) is 82.7 Å². The first-order valence-electron chi connectivity index (χ1n) is 7.98. The molecule has 0 aromatic rings. The number of nitrogens with zero attached hydrogens (tertiary/aromatic N) is 2. The summed E-state index contributed by atoms with van der Waals surface area (Å²) in [6.07, 6.45) is -3.81. The van der Waals surface area contributed by atoms with E-state index in [1.807, 2.05) is 6.92 Å². The highest BCUT2D eigenvalue weighted by Crippen LogP contribution is 2.14. The first-order valence-corrected chi connectivity index (χ1v) is 7.98. The summed E-state index contributed by atoms with van der Waals surface area (Å²) in [7, 11) is 0. The fourth-order valence-electron chi connectivity index (χ4n) is 2.04. The van der Waals surface area contributed by atoms with E-state index in [0.29, 0.717) is 18.9 Å². The van der Waals surface area contributed by atoms with Gasteiger partial charge in [-0.3, -0.25) is 9.89 Å². The molecule has 24 heavy (non-hydrogen) atoms. The number of hydrogen-bond donors (Lipinski definition) is 2. The largest absolute Gasteiger partial charge is 0.411 e. The predicted molar refractivity (Wildman–Crippen MR) is 98.1 cm³/mol. The lowest BCUT2D eigenvalue weighted by molar-refractivity contribution is -0.173. The lowest BCUT2D eigenvalue weighted by atomic mass is 10.4. The van der Waals surface area contributed by atoms with E-state index in [2.05, 4.69) is 25.3 Å². The Morgan fingerprint density at radius 3 is 2.58 bits per heavy atom. The molecule has 0 spiro atoms. The molecule has 0 atom stereocenters. The van der Waals surface area contributed by atoms with E-state index in [1.165, 1.54) is 0 Å². The smallest absolute Gasteiger partial charge is 0.379 e. The summed E-state index contributed by atoms with van der Waals surface area (Å²) in [6.45, 7) is 7.05. The van der Waals surface area contributed by atoms with Crippen LogP contribution in [0.2, 0.25) is 0 Å². The first-order chi connectivity index (χ1) is 11.0. The summed E-state index contributed by atoms with van der Waals surface area (Å²) in [5.74, 6) is 0.677. The Balaban J connectivity index is 0.00000529. The number of hydrogen-bond acceptors (Lipinski definition) is 4. The van der Waals surface area contributed by atoms with Crippen molar-refractivity contribution in [1.29, 1.82) is 0 Å². The SMILES string of the molecule is CCNC(=NCCCOCC(F)(F)F)NCCN1CCOCC1.I. The second-order valence-electron chi connectivity index (χ2n) is 5.16. The Kier molecular flexibility index (Phi) is 13.7. The van der Waals surface area contributed by atoms with Crippen molar-refractivity contribution in [1.82, 2.24) is 15.5 Å². The Morgan fingerprint density at radius 2 is 1.96 bits per heavy atom. The average Bonchev–Trinajstić information content (AvgIpc) is 2.50. The molecule has 1 aliphatic rings. The van der Waals surface area contributed by atoms with Crippen molar-refractivity contribution in [3.8, 4) is 0 Å². The lowest BCUT2D eigenvalue weighted by Gasteiger charge is -2.26. The molecule has 0 bridgehead atoms. The standard InChI is InChI=1S/C14H27F3N4O2.HI/c1-2-18-13(19-4-3-9-23-12-14(15,16)17)20-5-6-21-7-10-22-11-8-21;/h2-12H2,1H3,(H2,18,19,20);1H. The number of ether oxygens (including phenoxy) is 2. The van der Waals surface area contributed by atoms with Crippen LogP contribution < -0.4 is 10.6 Å². The molecule has 144 valence electrons. The minimum atomic E-state index is -4.26. The van der Waals surface area contributed by atoms with Crippen LogP contribution in [0.25, 0.3) is 0 Å². The van der Waals surface area contributed by atoms with Gasteiger partial charge in [0, 0.05) is 45.9 Å². The maximum Gasteiger partial charge on any atom is 0.411 e. The van der Waals surface area contributed by atoms with Gasteiger partial charge in [-0.25, -0.2) is 0 Å². The molecule has 0 saturated carbocycles. The number of aliphatic imine (C=N–C) groups is 1. The van der Waals surface area contributed by atoms with Crippen molar-refractivity contribution < 1.29 is 22.6 Å². The van der Waals surface area contributed by atoms with E-state index in [0.717, 1.165) is 45.9 Å². The van der Waals surface area contributed by atoms with Crippen LogP contribution in [0.1, 0.15) is 13.3 Å². The summed E-state index contributed by atoms with van der Waals surface area (Å²) in [6, 6.07) is 0. The van der Waals surface area contributed by atoms with Gasteiger partial charge < -0.3 is 20.1 Å². The van der Waals surface area contributed by atoms with Crippen molar-refractivity contribution in [2.24, 2.45) is 4.99 Å². The molecule has 10 heteroatoms. The van der Waals surface area contributed by atoms with Gasteiger partial charge >= 0.3 is 6.18 Å². The minimum absolute atomic E-state index is 0. The normalized spacial score (nSPS) is 16.6. The van der Waals surface area contributed by atoms with E-state index in [9.17, 15) is 13.2 Å². The summed E-state index contributed by atoms with van der Waals surface area (Å²) in [5.41, 5.74) is 0. The van der Waals surface area contributed by atoms with Crippen molar-refractivity contribution in [2.45, 2.75) is 19.5 Å². The average molecular weight is 468 g/mol. The first kappa shape index (κ1) is 23.7. The van der Waals surface area contributed by atoms with Crippen molar-refractivity contribution in [2.75, 3.05) is 65.7 Å². The molecule has 0 aromatic carbocycles. The van der Waals surface area contributed by atoms with Gasteiger partial charge in [-0.1, -0.05) is 0 Å². The third-order valence-corrected chi connectivity index (χ3v) is 3.15. The fourth-order valence-corrected chi connectivity index (χ4v) is 2.04. The molecule has 1 saturated heterocycles. The summed E-state index contributed by atoms with van der Waals surface area (Å²) in [4.78, 5) is 6.63. The number of morpholine rings is 1. The number of guanidine groups is 1. The summed E-state index contributed by atoms with van der Waals surface area (Å²) in [5, 5.41) is 6.33. The van der Waals surface area contributed by atoms with Crippen LogP contribution in [0.3, 0.4) is 0 Å². The van der Waals surface area contributed by atoms with Gasteiger partial charge in [0.2, 0.25) is 0 Å². The van der Waals surface area contributed by atoms with Gasteiger partial charge in [0.25, 0.3) is 0 Å². The monoisotopic (exact) mass is 468 g/mol. The third-order valence-electron chi connectivity index (χ3n) is 3.15. The van der Waals surface area contributed by atoms with E-state index < -0.39 is 12.8 Å². The Labute approximate surface area is 158 Å². The van der Waals surface area contributed by atoms with Crippen LogP contribution in [-0.2, 0) is 9.47 Å². The van der Waals surface area contributed by atoms with Crippen molar-refractivity contribution >= 4 is 29.9 Å². The predicted octanol–water partition coefficient (Wildman–Crippen LogP) is 1.46. The van der Waals surface area contributed by atoms with Crippen LogP contribution in [0.15, 0.2) is 4.99 Å². The molecular weight excluding hydrogens is 440 g/mol. The van der Waals surface area contributed by atoms with Gasteiger partial charge in [-0.2, -0.15) is 13.2 Å². The van der Waals surface area contributed by atoms with Crippen molar-refractivity contribution in [3.05, 3.63) is 0 Å². The third kappa shape index (κ3) is 13.0. The molecule has 0 aromatic heterocycles. The van der Waals surface area contributed by atoms with Crippen LogP contribution in [0.5, 0.6) is 0 Å². The zero-order valence-corrected chi connectivity index (χ0v) is 16.4. The van der Waals surface area contributed by atoms with Crippen LogP contribution in [0.4, 0.5) is 13.2 Å². The topological polar surface area (TPSA) is 58.1 Å². The number of alkyl halides is 3. The summed E-state index contributed by atoms with van der Waals surface area (Å²) < 4.78 is 45.5. The number of halogens is 4. The van der Waals surface area contributed by atoms with Gasteiger partial charge in [0.1, 0.15) is 6.61 Å². The Bertz CT molecular complexity index is 340. The molecule has 2 N–H and O–H groups in total. The quantitative estimate of drug-likeness (QED) is 0.232. The maximum absolute atomic E-state index is 11.9. The van der Waals surface area contributed by atoms with E-state index in [4.69, 9.17) is 4.74 Å². The van der Waals surface area contributed by atoms with E-state index >= 15 is 0 Å². The molecule has 0 unspecified atom stereocenters. The molecule has 0 radical (unpaired) electrons. The lowest BCUT2D eigenvalue weighted by Crippen LogP contribution is -2.44. The molecule has 0 amide bonds. The molecule has 1 aliphatic heterocycles. The molecule has 0 aliphatic carbocycles. The fraction of sp³-hybridized carbons (Fsp3) is 0.929. The highest BCUT2D eigenvalue weighted by molar-refractivity contribution is 14.0. The Morgan fingerprint density at radius 1 is 1.25 bits per heavy atom. The van der Waals surface area contributed by atoms with E-state index in [-0.39, 0.29) is 30.6 Å². The molecule has 1 rings (SSSR count). The summed E-state index contributed by atoms with van der Waals surface area (Å²) >= 11 is 0. The van der Waals surface area contributed by atoms with Crippen molar-refractivity contribution in [3.63, 3.8) is 0 Å². The molecule has 6 nitrogen and oxygen atoms in total. The maximum atomic E-state index is 11.9. The molecule has 1 fully saturated rings. The minimum Gasteiger partial charge on any atom is -0.379 e. The van der Waals surface area contributed by atoms with Gasteiger partial charge in [-0.15, -0.1) is 24.0 Å². The second kappa shape index (κ2) is 13.9. The van der Waals surface area contributed by atoms with Crippen LogP contribution >= 0.6 is 24.0 Å². The number of rotatable bonds is 9. The van der Waals surface area contributed by atoms with Gasteiger partial charge in [0.15, 0.2) is 5.96 Å². The Hall–Kier alpha value is -0.330. The van der Waals surface area contributed by atoms with Crippen LogP contribution in [0, 0.1) is 0 Å². The van der Waals surface area contributed by atoms with Gasteiger partial charge in [-0.05, 0) is 13.3 Å². The zero-order chi connectivity index (χ0) is 17.0. The zero-order valence-electron chi connectivity index (χ0n) is 14.0. The highest BCUT2D eigenvalue weighted by Gasteiger charge is 2.27. The highest BCUT2D eigenvalue weighted by atomic mass is 127. The second-order valence-corrected chi connectivity index (χ2v) is 5.16. The number of nitrogens with one attached hydrogen (secondary N) is 2. The molecular formula is C14H28F3IN4O2. The van der Waals surface area contributed by atoms with Gasteiger partial charge in [0.05, 0.1) is 13.2 Å². The van der Waals surface area contributed by atoms with E-state index in [1.54, 1.807) is 0 Å². The molecule has 1 heterocycles.